The Balaban J connectivity index is 1.77. The molecule has 4 rings (SSSR count). The van der Waals surface area contributed by atoms with Crippen molar-refractivity contribution in [2.24, 2.45) is 0 Å². The van der Waals surface area contributed by atoms with Crippen molar-refractivity contribution >= 4 is 28.6 Å². The van der Waals surface area contributed by atoms with Gasteiger partial charge in [-0.25, -0.2) is 9.78 Å². The number of aromatic hydroxyl groups is 2. The number of nitrogen functional groups attached to an aromatic ring is 1. The van der Waals surface area contributed by atoms with Gasteiger partial charge in [-0.2, -0.15) is 0 Å². The molecule has 1 atom stereocenters. The number of carbonyl (C=O) groups excluding carboxylic acids is 1. The Morgan fingerprint density at radius 2 is 1.86 bits per heavy atom. The maximum Gasteiger partial charge on any atom is 0.319 e. The molecule has 7 nitrogen and oxygen atoms in total. The summed E-state index contributed by atoms with van der Waals surface area (Å²) in [6.07, 6.45) is 0. The fourth-order valence-electron chi connectivity index (χ4n) is 3.13. The van der Waals surface area contributed by atoms with Crippen LogP contribution in [0.5, 0.6) is 11.5 Å². The molecule has 28 heavy (non-hydrogen) atoms. The second-order valence-electron chi connectivity index (χ2n) is 6.48. The maximum atomic E-state index is 12.0. The molecule has 8 heteroatoms. The molecule has 0 saturated heterocycles. The average molecular weight is 394 g/mol. The van der Waals surface area contributed by atoms with Crippen LogP contribution in [0.1, 0.15) is 23.5 Å². The summed E-state index contributed by atoms with van der Waals surface area (Å²) in [7, 11) is 0. The number of anilines is 1. The molecule has 1 aliphatic rings. The summed E-state index contributed by atoms with van der Waals surface area (Å²) in [6.45, 7) is 1.81. The highest BCUT2D eigenvalue weighted by molar-refractivity contribution is 7.11. The number of urea groups is 1. The van der Waals surface area contributed by atoms with E-state index in [0.29, 0.717) is 16.9 Å². The van der Waals surface area contributed by atoms with Crippen molar-refractivity contribution in [1.82, 2.24) is 15.6 Å². The first kappa shape index (κ1) is 17.9. The van der Waals surface area contributed by atoms with Crippen molar-refractivity contribution in [3.05, 3.63) is 64.1 Å². The first-order valence-electron chi connectivity index (χ1n) is 8.54. The highest BCUT2D eigenvalue weighted by atomic mass is 32.1. The number of benzene rings is 2. The fourth-order valence-corrected chi connectivity index (χ4v) is 4.09. The van der Waals surface area contributed by atoms with E-state index in [1.165, 1.54) is 23.5 Å². The topological polar surface area (TPSA) is 120 Å². The number of phenolic OH excluding ortho intramolecular Hbond substituents is 2. The zero-order valence-corrected chi connectivity index (χ0v) is 15.7. The Hall–Kier alpha value is -3.52. The fraction of sp³-hybridized carbons (Fsp3) is 0.100. The zero-order chi connectivity index (χ0) is 19.8. The lowest BCUT2D eigenvalue weighted by molar-refractivity contribution is 0.240. The summed E-state index contributed by atoms with van der Waals surface area (Å²) < 4.78 is 0. The van der Waals surface area contributed by atoms with Gasteiger partial charge in [0.25, 0.3) is 0 Å². The summed E-state index contributed by atoms with van der Waals surface area (Å²) >= 11 is 1.46. The molecule has 0 saturated carbocycles. The normalized spacial score (nSPS) is 16.6. The number of nitrogens with two attached hydrogens (primary N) is 1. The number of hydrogen-bond donors (Lipinski definition) is 5. The number of thiazole rings is 1. The van der Waals surface area contributed by atoms with Crippen LogP contribution in [-0.4, -0.2) is 21.2 Å². The Morgan fingerprint density at radius 1 is 1.11 bits per heavy atom. The minimum absolute atomic E-state index is 0.217. The van der Waals surface area contributed by atoms with Crippen molar-refractivity contribution in [1.29, 1.82) is 0 Å². The molecule has 0 bridgehead atoms. The van der Waals surface area contributed by atoms with E-state index in [0.717, 1.165) is 21.8 Å². The van der Waals surface area contributed by atoms with Gasteiger partial charge in [-0.15, -0.1) is 11.3 Å². The molecule has 2 amide bonds. The predicted molar refractivity (Wildman–Crippen MR) is 109 cm³/mol. The summed E-state index contributed by atoms with van der Waals surface area (Å²) in [5.74, 6) is -0.463. The first-order chi connectivity index (χ1) is 13.4. The van der Waals surface area contributed by atoms with E-state index in [1.54, 1.807) is 6.07 Å². The van der Waals surface area contributed by atoms with E-state index in [9.17, 15) is 15.0 Å². The number of allylic oxidation sites excluding steroid dienone is 1. The van der Waals surface area contributed by atoms with Gasteiger partial charge in [0, 0.05) is 27.9 Å². The molecule has 3 aromatic rings. The zero-order valence-electron chi connectivity index (χ0n) is 14.9. The van der Waals surface area contributed by atoms with E-state index in [1.807, 2.05) is 36.6 Å². The molecule has 0 fully saturated rings. The smallest absolute Gasteiger partial charge is 0.319 e. The third-order valence-electron chi connectivity index (χ3n) is 4.54. The van der Waals surface area contributed by atoms with Crippen LogP contribution < -0.4 is 16.4 Å². The van der Waals surface area contributed by atoms with Crippen LogP contribution in [0.4, 0.5) is 10.5 Å². The van der Waals surface area contributed by atoms with E-state index in [-0.39, 0.29) is 17.5 Å². The van der Waals surface area contributed by atoms with Gasteiger partial charge >= 0.3 is 6.03 Å². The van der Waals surface area contributed by atoms with E-state index in [2.05, 4.69) is 10.6 Å². The Bertz CT molecular complexity index is 1090. The lowest BCUT2D eigenvalue weighted by atomic mass is 9.95. The molecular formula is C20H18N4O3S. The monoisotopic (exact) mass is 394 g/mol. The second kappa shape index (κ2) is 6.90. The van der Waals surface area contributed by atoms with Crippen LogP contribution in [-0.2, 0) is 0 Å². The largest absolute Gasteiger partial charge is 0.504 e. The number of nitrogens with one attached hydrogen (secondary N) is 2. The van der Waals surface area contributed by atoms with Crippen molar-refractivity contribution in [3.8, 4) is 22.8 Å². The average Bonchev–Trinajstić information content (AvgIpc) is 3.13. The van der Waals surface area contributed by atoms with Gasteiger partial charge in [0.2, 0.25) is 0 Å². The van der Waals surface area contributed by atoms with Gasteiger partial charge in [-0.1, -0.05) is 18.2 Å². The number of phenols is 2. The Kier molecular flexibility index (Phi) is 4.40. The second-order valence-corrected chi connectivity index (χ2v) is 7.34. The standard InChI is InChI=1S/C20H18N4O3S/c1-10-17(19-23-14(9-28-19)11-2-5-13(21)6-3-11)18(24-20(27)22-10)12-4-7-15(25)16(26)8-12/h2-9,18,25-26H,21H2,1H3,(H2,22,24,27). The van der Waals surface area contributed by atoms with Gasteiger partial charge in [0.15, 0.2) is 11.5 Å². The number of amides is 2. The van der Waals surface area contributed by atoms with Crippen LogP contribution in [0.15, 0.2) is 53.5 Å². The van der Waals surface area contributed by atoms with Crippen LogP contribution >= 0.6 is 11.3 Å². The van der Waals surface area contributed by atoms with Gasteiger partial charge < -0.3 is 26.6 Å². The molecule has 0 radical (unpaired) electrons. The lowest BCUT2D eigenvalue weighted by Gasteiger charge is -2.28. The maximum absolute atomic E-state index is 12.0. The molecule has 2 aromatic carbocycles. The molecule has 1 aromatic heterocycles. The summed E-state index contributed by atoms with van der Waals surface area (Å²) in [6, 6.07) is 11.1. The molecule has 0 spiro atoms. The minimum atomic E-state index is -0.509. The third-order valence-corrected chi connectivity index (χ3v) is 5.42. The predicted octanol–water partition coefficient (Wildman–Crippen LogP) is 3.59. The van der Waals surface area contributed by atoms with Crippen LogP contribution in [0.3, 0.4) is 0 Å². The Labute approximate surface area is 165 Å². The molecule has 0 aliphatic carbocycles. The van der Waals surface area contributed by atoms with Gasteiger partial charge in [-0.05, 0) is 36.8 Å². The van der Waals surface area contributed by atoms with Gasteiger partial charge in [0.05, 0.1) is 11.7 Å². The Morgan fingerprint density at radius 3 is 2.57 bits per heavy atom. The van der Waals surface area contributed by atoms with Crippen molar-refractivity contribution in [2.45, 2.75) is 13.0 Å². The minimum Gasteiger partial charge on any atom is -0.504 e. The highest BCUT2D eigenvalue weighted by Gasteiger charge is 2.30. The van der Waals surface area contributed by atoms with Gasteiger partial charge in [-0.3, -0.25) is 0 Å². The number of aromatic nitrogens is 1. The van der Waals surface area contributed by atoms with E-state index < -0.39 is 6.04 Å². The number of rotatable bonds is 3. The van der Waals surface area contributed by atoms with Crippen LogP contribution in [0, 0.1) is 0 Å². The summed E-state index contributed by atoms with van der Waals surface area (Å²) in [5, 5.41) is 27.8. The molecule has 6 N–H and O–H groups in total. The first-order valence-corrected chi connectivity index (χ1v) is 9.42. The molecule has 2 heterocycles. The molecule has 142 valence electrons. The van der Waals surface area contributed by atoms with Crippen LogP contribution in [0.25, 0.3) is 16.8 Å². The number of carbonyl (C=O) groups is 1. The summed E-state index contributed by atoms with van der Waals surface area (Å²) in [4.78, 5) is 16.8. The third kappa shape index (κ3) is 3.25. The van der Waals surface area contributed by atoms with E-state index in [4.69, 9.17) is 10.7 Å². The summed E-state index contributed by atoms with van der Waals surface area (Å²) in [5.41, 5.74) is 10.3. The quantitative estimate of drug-likeness (QED) is 0.343. The molecular weight excluding hydrogens is 376 g/mol. The van der Waals surface area contributed by atoms with Gasteiger partial charge in [0.1, 0.15) is 5.01 Å². The highest BCUT2D eigenvalue weighted by Crippen LogP contribution is 2.39. The van der Waals surface area contributed by atoms with Crippen molar-refractivity contribution in [2.75, 3.05) is 5.73 Å². The number of hydrogen-bond acceptors (Lipinski definition) is 6. The van der Waals surface area contributed by atoms with Crippen molar-refractivity contribution in [3.63, 3.8) is 0 Å². The molecule has 1 aliphatic heterocycles. The molecule has 1 unspecified atom stereocenters. The lowest BCUT2D eigenvalue weighted by Crippen LogP contribution is -2.42. The van der Waals surface area contributed by atoms with Crippen molar-refractivity contribution < 1.29 is 15.0 Å². The van der Waals surface area contributed by atoms with Crippen LogP contribution in [0.2, 0.25) is 0 Å². The van der Waals surface area contributed by atoms with E-state index >= 15 is 0 Å². The number of nitrogens with zero attached hydrogens (tertiary/aromatic N) is 1. The SMILES string of the molecule is CC1=C(c2nc(-c3ccc(N)cc3)cs2)C(c2ccc(O)c(O)c2)NC(=O)N1.